The van der Waals surface area contributed by atoms with Crippen molar-refractivity contribution < 1.29 is 0 Å². The van der Waals surface area contributed by atoms with Crippen molar-refractivity contribution in [1.29, 1.82) is 0 Å². The second-order valence-corrected chi connectivity index (χ2v) is 31.8. The van der Waals surface area contributed by atoms with Crippen LogP contribution in [0.1, 0.15) is 184 Å². The summed E-state index contributed by atoms with van der Waals surface area (Å²) in [4.78, 5) is 2.52. The number of nitrogens with one attached hydrogen (secondary N) is 1. The van der Waals surface area contributed by atoms with Gasteiger partial charge < -0.3 is 10.2 Å². The molecule has 0 spiro atoms. The number of fused-ring (bicyclic) bond motifs is 8. The van der Waals surface area contributed by atoms with Gasteiger partial charge in [0.2, 0.25) is 0 Å². The Morgan fingerprint density at radius 1 is 0.340 bits per heavy atom. The highest BCUT2D eigenvalue weighted by Gasteiger charge is 2.48. The number of aryl methyl sites for hydroxylation is 5. The molecule has 1 N–H and O–H groups in total. The number of hydrogen-bond acceptors (Lipinski definition) is 2. The largest absolute Gasteiger partial charge is 0.356 e. The number of nitrogens with zero attached hydrogens (tertiary/aromatic N) is 1. The first-order valence-electron chi connectivity index (χ1n) is 40.0. The predicted octanol–water partition coefficient (Wildman–Crippen LogP) is 28.4. The molecule has 17 rings (SSSR count). The highest BCUT2D eigenvalue weighted by atomic mass is 15.1. The van der Waals surface area contributed by atoms with Crippen molar-refractivity contribution in [3.63, 3.8) is 0 Å². The summed E-state index contributed by atoms with van der Waals surface area (Å²) in [5.74, 6) is 0.385. The van der Waals surface area contributed by atoms with Crippen LogP contribution in [0.3, 0.4) is 0 Å². The van der Waals surface area contributed by atoms with Crippen molar-refractivity contribution in [2.24, 2.45) is 5.92 Å². The number of rotatable bonds is 26. The highest BCUT2D eigenvalue weighted by molar-refractivity contribution is 5.90. The lowest BCUT2D eigenvalue weighted by atomic mass is 9.65. The molecule has 526 valence electrons. The first-order chi connectivity index (χ1) is 52.0. The molecule has 4 aliphatic rings. The lowest BCUT2D eigenvalue weighted by molar-refractivity contribution is 0.399. The van der Waals surface area contributed by atoms with Crippen LogP contribution < -0.4 is 10.2 Å². The minimum atomic E-state index is -0.416. The zero-order chi connectivity index (χ0) is 71.9. The number of hydrogen-bond donors (Lipinski definition) is 1. The van der Waals surface area contributed by atoms with Crippen LogP contribution in [0.25, 0.3) is 66.8 Å². The van der Waals surface area contributed by atoms with Crippen molar-refractivity contribution in [3.05, 3.63) is 364 Å². The molecule has 0 saturated carbocycles. The molecule has 2 heteroatoms. The SMILES string of the molecule is CCCCCCCC1(CCCCCCC)c2ccccc2-c2ccc(N(c3ccc(-c4ccc(-c5ccc(Nc6ccc7c(c6)C(c6ccc8c(c6)CC8)(c6ccc8c(c6)CC8)c6ccccc6-7)cc5)cc4)cc3)c3ccc(-c4ccc(C(C)(c5ccc(-c6ccc(C)cc6)cc5)C(C)C)cc4)cc3)cc21. The van der Waals surface area contributed by atoms with Crippen molar-refractivity contribution in [1.82, 2.24) is 0 Å². The van der Waals surface area contributed by atoms with E-state index in [0.717, 1.165) is 35.6 Å². The van der Waals surface area contributed by atoms with Crippen molar-refractivity contribution >= 4 is 28.4 Å². The molecule has 0 saturated heterocycles. The molecule has 0 heterocycles. The van der Waals surface area contributed by atoms with Gasteiger partial charge in [0.1, 0.15) is 0 Å². The summed E-state index contributed by atoms with van der Waals surface area (Å²) in [5.41, 5.74) is 38.7. The van der Waals surface area contributed by atoms with E-state index in [4.69, 9.17) is 0 Å². The number of benzene rings is 13. The lowest BCUT2D eigenvalue weighted by Crippen LogP contribution is -2.30. The van der Waals surface area contributed by atoms with Crippen LogP contribution in [0.2, 0.25) is 0 Å². The first-order valence-corrected chi connectivity index (χ1v) is 40.0. The molecule has 0 aliphatic heterocycles. The predicted molar refractivity (Wildman–Crippen MR) is 450 cm³/mol. The molecule has 1 unspecified atom stereocenters. The maximum Gasteiger partial charge on any atom is 0.0714 e. The van der Waals surface area contributed by atoms with Crippen molar-refractivity contribution in [3.8, 4) is 66.8 Å². The van der Waals surface area contributed by atoms with Crippen LogP contribution in [0, 0.1) is 12.8 Å². The van der Waals surface area contributed by atoms with Gasteiger partial charge in [0, 0.05) is 39.3 Å². The molecule has 4 aliphatic carbocycles. The summed E-state index contributed by atoms with van der Waals surface area (Å²) in [6.45, 7) is 14.0. The minimum Gasteiger partial charge on any atom is -0.356 e. The van der Waals surface area contributed by atoms with E-state index in [-0.39, 0.29) is 10.8 Å². The van der Waals surface area contributed by atoms with Crippen LogP contribution >= 0.6 is 0 Å². The van der Waals surface area contributed by atoms with E-state index in [1.54, 1.807) is 0 Å². The van der Waals surface area contributed by atoms with Gasteiger partial charge in [-0.2, -0.15) is 0 Å². The first kappa shape index (κ1) is 68.6. The Labute approximate surface area is 631 Å². The number of anilines is 5. The molecular formula is C104H100N2. The lowest BCUT2D eigenvalue weighted by Gasteiger charge is -2.37. The third kappa shape index (κ3) is 12.4. The van der Waals surface area contributed by atoms with E-state index < -0.39 is 5.41 Å². The van der Waals surface area contributed by atoms with E-state index in [1.807, 2.05) is 0 Å². The summed E-state index contributed by atoms with van der Waals surface area (Å²) in [7, 11) is 0. The molecule has 0 aromatic heterocycles. The molecule has 0 fully saturated rings. The van der Waals surface area contributed by atoms with Crippen molar-refractivity contribution in [2.75, 3.05) is 10.2 Å². The van der Waals surface area contributed by atoms with E-state index in [1.165, 1.54) is 235 Å². The Kier molecular flexibility index (Phi) is 18.8. The molecular weight excluding hydrogens is 1280 g/mol. The van der Waals surface area contributed by atoms with Gasteiger partial charge >= 0.3 is 0 Å². The summed E-state index contributed by atoms with van der Waals surface area (Å²) in [6.07, 6.45) is 19.8. The van der Waals surface area contributed by atoms with Gasteiger partial charge in [-0.05, 0) is 246 Å². The van der Waals surface area contributed by atoms with Gasteiger partial charge in [-0.25, -0.2) is 0 Å². The third-order valence-electron chi connectivity index (χ3n) is 25.4. The Morgan fingerprint density at radius 3 is 1.20 bits per heavy atom. The van der Waals surface area contributed by atoms with E-state index >= 15 is 0 Å². The zero-order valence-corrected chi connectivity index (χ0v) is 63.1. The van der Waals surface area contributed by atoms with Gasteiger partial charge in [0.05, 0.1) is 5.41 Å². The van der Waals surface area contributed by atoms with Crippen LogP contribution in [0.5, 0.6) is 0 Å². The summed E-state index contributed by atoms with van der Waals surface area (Å²) in [6, 6.07) is 112. The maximum absolute atomic E-state index is 3.87. The summed E-state index contributed by atoms with van der Waals surface area (Å²) >= 11 is 0. The van der Waals surface area contributed by atoms with E-state index in [9.17, 15) is 0 Å². The molecule has 0 amide bonds. The van der Waals surface area contributed by atoms with Crippen molar-refractivity contribution in [2.45, 2.75) is 161 Å². The fourth-order valence-electron chi connectivity index (χ4n) is 18.7. The molecule has 13 aromatic carbocycles. The minimum absolute atomic E-state index is 0.0365. The summed E-state index contributed by atoms with van der Waals surface area (Å²) < 4.78 is 0. The highest BCUT2D eigenvalue weighted by Crippen LogP contribution is 2.59. The molecule has 2 nitrogen and oxygen atoms in total. The molecule has 106 heavy (non-hydrogen) atoms. The van der Waals surface area contributed by atoms with E-state index in [2.05, 4.69) is 343 Å². The fraction of sp³-hybridized carbons (Fsp3) is 0.250. The average Bonchev–Trinajstić information content (AvgIpc) is 1.52. The topological polar surface area (TPSA) is 15.3 Å². The molecule has 0 bridgehead atoms. The number of unbranched alkanes of at least 4 members (excludes halogenated alkanes) is 8. The Morgan fingerprint density at radius 2 is 0.726 bits per heavy atom. The average molecular weight is 1380 g/mol. The monoisotopic (exact) mass is 1380 g/mol. The standard InChI is InChI=1S/C104H100N2/c1-7-9-11-13-19-65-103(66-20-14-12-10-8-2)98-23-17-15-21-94(98)96-64-62-93(70-100(96)103)106(92-60-47-80(48-61-92)77-39-51-86(52-40-77)102(6,71(3)4)85-49-37-76(38-50-85)73-27-25-72(5)26-28-73)91-58-45-79(46-59-91)75-31-29-74(30-32-75)78-43-55-89(56-44-78)105-90-57-63-97-95-22-16-18-24-99(95)104(101(97)69-90,87-53-41-81-33-35-83(81)67-87)88-54-42-82-34-36-84(82)68-88/h15-18,21-32,37-64,67-71,105H,7-14,19-20,33-36,65-66H2,1-6H3. The van der Waals surface area contributed by atoms with Gasteiger partial charge in [-0.1, -0.05) is 335 Å². The smallest absolute Gasteiger partial charge is 0.0714 e. The third-order valence-corrected chi connectivity index (χ3v) is 25.4. The Hall–Kier alpha value is -10.5. The normalized spacial score (nSPS) is 14.4. The molecule has 0 radical (unpaired) electrons. The zero-order valence-electron chi connectivity index (χ0n) is 63.1. The van der Waals surface area contributed by atoms with Gasteiger partial charge in [0.25, 0.3) is 0 Å². The molecule has 1 atom stereocenters. The maximum atomic E-state index is 3.87. The van der Waals surface area contributed by atoms with Gasteiger partial charge in [-0.15, -0.1) is 0 Å². The summed E-state index contributed by atoms with van der Waals surface area (Å²) in [5, 5.41) is 3.87. The fourth-order valence-corrected chi connectivity index (χ4v) is 18.7. The molecule has 13 aromatic rings. The van der Waals surface area contributed by atoms with Crippen LogP contribution in [-0.2, 0) is 41.9 Å². The van der Waals surface area contributed by atoms with Gasteiger partial charge in [-0.3, -0.25) is 0 Å². The Balaban J connectivity index is 0.660. The van der Waals surface area contributed by atoms with Crippen LogP contribution in [0.15, 0.2) is 291 Å². The second kappa shape index (κ2) is 29.1. The quantitative estimate of drug-likeness (QED) is 0.0544. The van der Waals surface area contributed by atoms with Crippen LogP contribution in [0.4, 0.5) is 28.4 Å². The van der Waals surface area contributed by atoms with E-state index in [0.29, 0.717) is 5.92 Å². The Bertz CT molecular complexity index is 5240. The van der Waals surface area contributed by atoms with Gasteiger partial charge in [0.15, 0.2) is 0 Å². The second-order valence-electron chi connectivity index (χ2n) is 31.8. The van der Waals surface area contributed by atoms with Crippen LogP contribution in [-0.4, -0.2) is 0 Å².